The molecule has 6 rings (SSSR count). The number of phenolic OH excluding ortho intramolecular Hbond substituents is 2. The Labute approximate surface area is 321 Å². The van der Waals surface area contributed by atoms with Crippen molar-refractivity contribution in [2.24, 2.45) is 10.8 Å². The number of ketones is 2. The number of phenols is 2. The van der Waals surface area contributed by atoms with Crippen LogP contribution in [0.2, 0.25) is 0 Å². The molecule has 2 heterocycles. The molecule has 4 aliphatic rings. The number of nitrogens with two attached hydrogens (primary N) is 1. The second kappa shape index (κ2) is 16.5. The van der Waals surface area contributed by atoms with E-state index in [1.165, 1.54) is 37.5 Å². The molecule has 2 aliphatic carbocycles. The van der Waals surface area contributed by atoms with Crippen molar-refractivity contribution in [1.29, 1.82) is 0 Å². The lowest BCUT2D eigenvalue weighted by atomic mass is 9.71. The van der Waals surface area contributed by atoms with Gasteiger partial charge in [0.2, 0.25) is 11.7 Å². The van der Waals surface area contributed by atoms with Crippen molar-refractivity contribution in [3.8, 4) is 17.2 Å². The average molecular weight is 787 g/mol. The van der Waals surface area contributed by atoms with E-state index in [0.29, 0.717) is 19.3 Å². The fourth-order valence-electron chi connectivity index (χ4n) is 7.47. The second-order valence-corrected chi connectivity index (χ2v) is 13.8. The lowest BCUT2D eigenvalue weighted by molar-refractivity contribution is -0.245. The van der Waals surface area contributed by atoms with Gasteiger partial charge in [-0.2, -0.15) is 5.10 Å². The highest BCUT2D eigenvalue weighted by Crippen LogP contribution is 2.52. The number of carbonyl (C=O) groups excluding carboxylic acids is 5. The van der Waals surface area contributed by atoms with E-state index in [2.05, 4.69) is 10.5 Å². The van der Waals surface area contributed by atoms with Crippen molar-refractivity contribution in [3.63, 3.8) is 0 Å². The summed E-state index contributed by atoms with van der Waals surface area (Å²) in [5.74, 6) is -4.25. The minimum Gasteiger partial charge on any atom is -0.507 e. The van der Waals surface area contributed by atoms with Gasteiger partial charge in [0.25, 0.3) is 11.8 Å². The Morgan fingerprint density at radius 2 is 1.75 bits per heavy atom. The number of imide groups is 1. The van der Waals surface area contributed by atoms with Gasteiger partial charge in [0.05, 0.1) is 54.4 Å². The number of unbranched alkanes of at least 4 members (excludes halogenated alkanes) is 2. The predicted octanol–water partition coefficient (Wildman–Crippen LogP) is 0.812. The molecule has 6 atom stereocenters. The molecule has 1 saturated heterocycles. The molecule has 0 aromatic heterocycles. The predicted molar refractivity (Wildman–Crippen MR) is 194 cm³/mol. The van der Waals surface area contributed by atoms with Crippen LogP contribution in [0.15, 0.2) is 35.5 Å². The molecule has 3 amide bonds. The molecule has 0 bridgehead atoms. The Morgan fingerprint density at radius 1 is 1.05 bits per heavy atom. The molecule has 6 unspecified atom stereocenters. The molecule has 296 valence electrons. The van der Waals surface area contributed by atoms with Crippen molar-refractivity contribution in [3.05, 3.63) is 63.7 Å². The van der Waals surface area contributed by atoms with E-state index in [0.717, 1.165) is 4.90 Å². The number of ether oxygens (including phenoxy) is 3. The summed E-state index contributed by atoms with van der Waals surface area (Å²) in [6.07, 6.45) is -1.56. The van der Waals surface area contributed by atoms with Crippen molar-refractivity contribution in [2.75, 3.05) is 20.3 Å². The van der Waals surface area contributed by atoms with Crippen molar-refractivity contribution in [2.45, 2.75) is 88.1 Å². The minimum absolute atomic E-state index is 0. The fourth-order valence-corrected chi connectivity index (χ4v) is 7.47. The van der Waals surface area contributed by atoms with Gasteiger partial charge in [0, 0.05) is 67.1 Å². The monoisotopic (exact) mass is 786 g/mol. The van der Waals surface area contributed by atoms with Gasteiger partial charge >= 0.3 is 0 Å². The van der Waals surface area contributed by atoms with Crippen LogP contribution < -0.4 is 15.9 Å². The SMILES string of the molecule is COc1cccc2c1C(=O)c1c(O)c3c(c(O)c1C2=O)CC(O)(/C(CO)=N/NC(=O)CCCCCN1C(=O)C=CC1=O)CC3OC1CC(N)C(O)C(C)O1.Cl. The van der Waals surface area contributed by atoms with Gasteiger partial charge in [-0.1, -0.05) is 18.6 Å². The van der Waals surface area contributed by atoms with Crippen LogP contribution in [0.5, 0.6) is 17.2 Å². The van der Waals surface area contributed by atoms with Gasteiger partial charge in [0.1, 0.15) is 22.8 Å². The van der Waals surface area contributed by atoms with Gasteiger partial charge < -0.3 is 45.5 Å². The first kappa shape index (κ1) is 41.4. The maximum atomic E-state index is 14.0. The molecular formula is C37H43ClN4O13. The maximum Gasteiger partial charge on any atom is 0.253 e. The zero-order chi connectivity index (χ0) is 39.1. The second-order valence-electron chi connectivity index (χ2n) is 13.8. The number of fused-ring (bicyclic) bond motifs is 3. The van der Waals surface area contributed by atoms with E-state index in [-0.39, 0.29) is 65.5 Å². The van der Waals surface area contributed by atoms with Crippen LogP contribution in [-0.4, -0.2) is 116 Å². The molecule has 0 saturated carbocycles. The fraction of sp³-hybridized carbons (Fsp3) is 0.459. The van der Waals surface area contributed by atoms with E-state index in [9.17, 15) is 49.5 Å². The van der Waals surface area contributed by atoms with Crippen molar-refractivity contribution >= 4 is 47.4 Å². The Morgan fingerprint density at radius 3 is 2.40 bits per heavy atom. The summed E-state index contributed by atoms with van der Waals surface area (Å²) in [7, 11) is 1.32. The number of aromatic hydroxyl groups is 2. The largest absolute Gasteiger partial charge is 0.507 e. The number of nitrogens with one attached hydrogen (secondary N) is 1. The normalized spacial score (nSPS) is 26.0. The van der Waals surface area contributed by atoms with Crippen molar-refractivity contribution < 1.29 is 63.7 Å². The van der Waals surface area contributed by atoms with Gasteiger partial charge in [-0.25, -0.2) is 5.43 Å². The van der Waals surface area contributed by atoms with Crippen LogP contribution in [0.25, 0.3) is 0 Å². The maximum absolute atomic E-state index is 14.0. The Hall–Kier alpha value is -4.75. The van der Waals surface area contributed by atoms with Crippen LogP contribution in [0.1, 0.15) is 94.5 Å². The quantitative estimate of drug-likeness (QED) is 0.0441. The minimum atomic E-state index is -2.16. The molecular weight excluding hydrogens is 744 g/mol. The Bertz CT molecular complexity index is 1940. The number of hydrogen-bond acceptors (Lipinski definition) is 15. The van der Waals surface area contributed by atoms with Crippen LogP contribution >= 0.6 is 12.4 Å². The highest BCUT2D eigenvalue weighted by atomic mass is 35.5. The number of benzene rings is 2. The van der Waals surface area contributed by atoms with Gasteiger partial charge in [-0.05, 0) is 25.8 Å². The first-order valence-corrected chi connectivity index (χ1v) is 17.5. The van der Waals surface area contributed by atoms with Gasteiger partial charge in [-0.15, -0.1) is 12.4 Å². The molecule has 2 aliphatic heterocycles. The molecule has 55 heavy (non-hydrogen) atoms. The zero-order valence-corrected chi connectivity index (χ0v) is 30.8. The van der Waals surface area contributed by atoms with E-state index in [1.54, 1.807) is 6.92 Å². The number of amides is 3. The summed E-state index contributed by atoms with van der Waals surface area (Å²) in [5.41, 5.74) is 4.46. The number of hydrogen-bond donors (Lipinski definition) is 7. The highest BCUT2D eigenvalue weighted by Gasteiger charge is 2.49. The summed E-state index contributed by atoms with van der Waals surface area (Å²) >= 11 is 0. The van der Waals surface area contributed by atoms with Crippen LogP contribution in [0.3, 0.4) is 0 Å². The first-order chi connectivity index (χ1) is 25.7. The lowest BCUT2D eigenvalue weighted by Crippen LogP contribution is -2.53. The van der Waals surface area contributed by atoms with E-state index in [4.69, 9.17) is 19.9 Å². The van der Waals surface area contributed by atoms with Gasteiger partial charge in [-0.3, -0.25) is 28.9 Å². The van der Waals surface area contributed by atoms with Crippen LogP contribution in [0.4, 0.5) is 0 Å². The van der Waals surface area contributed by atoms with Crippen LogP contribution in [-0.2, 0) is 30.3 Å². The molecule has 2 aromatic rings. The lowest BCUT2D eigenvalue weighted by Gasteiger charge is -2.43. The third kappa shape index (κ3) is 7.73. The number of hydrazone groups is 1. The Kier molecular flexibility index (Phi) is 12.5. The van der Waals surface area contributed by atoms with Gasteiger partial charge in [0.15, 0.2) is 12.1 Å². The topological polar surface area (TPSA) is 268 Å². The molecule has 0 radical (unpaired) electrons. The number of nitrogens with zero attached hydrogens (tertiary/aromatic N) is 2. The van der Waals surface area contributed by atoms with Crippen molar-refractivity contribution in [1.82, 2.24) is 10.3 Å². The summed E-state index contributed by atoms with van der Waals surface area (Å²) in [5, 5.41) is 60.5. The first-order valence-electron chi connectivity index (χ1n) is 17.5. The zero-order valence-electron chi connectivity index (χ0n) is 30.0. The number of aliphatic hydroxyl groups excluding tert-OH is 2. The summed E-state index contributed by atoms with van der Waals surface area (Å²) in [4.78, 5) is 65.1. The van der Waals surface area contributed by atoms with E-state index < -0.39 is 108 Å². The number of aliphatic hydroxyl groups is 3. The molecule has 18 heteroatoms. The molecule has 2 aromatic carbocycles. The van der Waals surface area contributed by atoms with E-state index >= 15 is 0 Å². The molecule has 0 spiro atoms. The summed E-state index contributed by atoms with van der Waals surface area (Å²) < 4.78 is 17.4. The summed E-state index contributed by atoms with van der Waals surface area (Å²) in [6.45, 7) is 0.910. The molecule has 1 fully saturated rings. The third-order valence-electron chi connectivity index (χ3n) is 10.3. The van der Waals surface area contributed by atoms with E-state index in [1.807, 2.05) is 0 Å². The summed E-state index contributed by atoms with van der Waals surface area (Å²) in [6, 6.07) is 3.57. The smallest absolute Gasteiger partial charge is 0.253 e. The number of methoxy groups -OCH3 is 1. The van der Waals surface area contributed by atoms with Crippen LogP contribution in [0, 0.1) is 0 Å². The number of halogens is 1. The third-order valence-corrected chi connectivity index (χ3v) is 10.3. The average Bonchev–Trinajstić information content (AvgIpc) is 3.46. The molecule has 8 N–H and O–H groups in total. The Balaban J connectivity index is 0.00000580. The number of rotatable bonds is 12. The standard InChI is InChI=1S/C37H42N4O13.ClH/c1-17-32(46)20(38)13-27(53-17)54-22-15-37(51,23(16-42)39-40-24(43)9-4-3-5-12-41-25(44)10-11-26(41)45)14-19-29(22)36(50)31-30(34(19)48)33(47)18-7-6-8-21(52-2)28(18)35(31)49;/h6-8,10-11,17,20,22,27,32,42,46,48,50-51H,3-5,9,12-16,38H2,1-2H3,(H,40,43);1H/b39-23+;. The molecule has 17 nitrogen and oxygen atoms in total. The highest BCUT2D eigenvalue weighted by molar-refractivity contribution is 6.31. The number of carbonyl (C=O) groups is 5.